The number of nitrogens with one attached hydrogen (secondary N) is 1. The Morgan fingerprint density at radius 2 is 2.00 bits per heavy atom. The van der Waals surface area contributed by atoms with E-state index in [9.17, 15) is 4.79 Å². The summed E-state index contributed by atoms with van der Waals surface area (Å²) in [5, 5.41) is 12.3. The van der Waals surface area contributed by atoms with Gasteiger partial charge in [0.25, 0.3) is 0 Å². The Labute approximate surface area is 113 Å². The van der Waals surface area contributed by atoms with Gasteiger partial charge in [-0.3, -0.25) is 0 Å². The maximum absolute atomic E-state index is 10.8. The Bertz CT molecular complexity index is 468. The fourth-order valence-electron chi connectivity index (χ4n) is 2.26. The van der Waals surface area contributed by atoms with Crippen molar-refractivity contribution in [1.29, 1.82) is 0 Å². The molecule has 0 saturated carbocycles. The van der Waals surface area contributed by atoms with Gasteiger partial charge in [0.15, 0.2) is 0 Å². The second-order valence-corrected chi connectivity index (χ2v) is 4.77. The van der Waals surface area contributed by atoms with Gasteiger partial charge in [0.2, 0.25) is 0 Å². The third kappa shape index (κ3) is 3.73. The number of hydrogen-bond donors (Lipinski definition) is 2. The molecule has 1 aromatic carbocycles. The van der Waals surface area contributed by atoms with E-state index >= 15 is 0 Å². The molecular formula is C15H18N2O2. The quantitative estimate of drug-likeness (QED) is 0.814. The van der Waals surface area contributed by atoms with Crippen LogP contribution in [0.1, 0.15) is 24.0 Å². The maximum Gasteiger partial charge on any atom is 0.407 e. The molecule has 1 fully saturated rings. The molecule has 0 radical (unpaired) electrons. The molecule has 0 aromatic heterocycles. The van der Waals surface area contributed by atoms with E-state index in [1.165, 1.54) is 10.5 Å². The van der Waals surface area contributed by atoms with Gasteiger partial charge >= 0.3 is 6.09 Å². The van der Waals surface area contributed by atoms with Crippen LogP contribution < -0.4 is 5.32 Å². The Morgan fingerprint density at radius 1 is 1.37 bits per heavy atom. The number of carbonyl (C=O) groups is 1. The van der Waals surface area contributed by atoms with Crippen molar-refractivity contribution in [1.82, 2.24) is 10.2 Å². The summed E-state index contributed by atoms with van der Waals surface area (Å²) in [6, 6.07) is 8.31. The summed E-state index contributed by atoms with van der Waals surface area (Å²) in [7, 11) is 0. The van der Waals surface area contributed by atoms with E-state index in [1.807, 2.05) is 24.3 Å². The molecular weight excluding hydrogens is 240 g/mol. The first-order valence-corrected chi connectivity index (χ1v) is 6.46. The SMILES string of the molecule is C#Cc1ccc(CNC2CCN(C(=O)O)CC2)cc1. The lowest BCUT2D eigenvalue weighted by atomic mass is 10.0. The van der Waals surface area contributed by atoms with Crippen molar-refractivity contribution in [3.8, 4) is 12.3 Å². The first kappa shape index (κ1) is 13.4. The standard InChI is InChI=1S/C15H18N2O2/c1-2-12-3-5-13(6-4-12)11-16-14-7-9-17(10-8-14)15(18)19/h1,3-6,14,16H,7-11H2,(H,18,19). The average molecular weight is 258 g/mol. The highest BCUT2D eigenvalue weighted by Gasteiger charge is 2.21. The van der Waals surface area contributed by atoms with Crippen molar-refractivity contribution < 1.29 is 9.90 Å². The van der Waals surface area contributed by atoms with Gasteiger partial charge < -0.3 is 15.3 Å². The van der Waals surface area contributed by atoms with E-state index in [2.05, 4.69) is 11.2 Å². The molecule has 1 heterocycles. The largest absolute Gasteiger partial charge is 0.465 e. The van der Waals surface area contributed by atoms with Crippen LogP contribution in [-0.2, 0) is 6.54 Å². The Hall–Kier alpha value is -1.99. The van der Waals surface area contributed by atoms with E-state index in [4.69, 9.17) is 11.5 Å². The molecule has 0 spiro atoms. The molecule has 1 saturated heterocycles. The summed E-state index contributed by atoms with van der Waals surface area (Å²) in [5.41, 5.74) is 2.08. The van der Waals surface area contributed by atoms with Gasteiger partial charge in [-0.1, -0.05) is 18.1 Å². The van der Waals surface area contributed by atoms with Gasteiger partial charge in [-0.2, -0.15) is 0 Å². The van der Waals surface area contributed by atoms with Crippen molar-refractivity contribution in [2.24, 2.45) is 0 Å². The molecule has 4 heteroatoms. The number of terminal acetylenes is 1. The minimum absolute atomic E-state index is 0.392. The zero-order valence-corrected chi connectivity index (χ0v) is 10.8. The molecule has 0 bridgehead atoms. The number of rotatable bonds is 3. The molecule has 100 valence electrons. The third-order valence-corrected chi connectivity index (χ3v) is 3.48. The molecule has 1 amide bonds. The van der Waals surface area contributed by atoms with Crippen LogP contribution in [0.15, 0.2) is 24.3 Å². The van der Waals surface area contributed by atoms with Crippen molar-refractivity contribution in [2.75, 3.05) is 13.1 Å². The van der Waals surface area contributed by atoms with Gasteiger partial charge in [0.05, 0.1) is 0 Å². The zero-order chi connectivity index (χ0) is 13.7. The van der Waals surface area contributed by atoms with Gasteiger partial charge in [-0.15, -0.1) is 6.42 Å². The molecule has 0 aliphatic carbocycles. The number of nitrogens with zero attached hydrogens (tertiary/aromatic N) is 1. The predicted molar refractivity (Wildman–Crippen MR) is 73.8 cm³/mol. The second-order valence-electron chi connectivity index (χ2n) is 4.77. The first-order valence-electron chi connectivity index (χ1n) is 6.46. The molecule has 1 aliphatic heterocycles. The van der Waals surface area contributed by atoms with Gasteiger partial charge in [0, 0.05) is 31.2 Å². The lowest BCUT2D eigenvalue weighted by Crippen LogP contribution is -2.44. The molecule has 0 unspecified atom stereocenters. The highest BCUT2D eigenvalue weighted by atomic mass is 16.4. The molecule has 2 N–H and O–H groups in total. The molecule has 4 nitrogen and oxygen atoms in total. The van der Waals surface area contributed by atoms with Crippen LogP contribution in [0.4, 0.5) is 4.79 Å². The van der Waals surface area contributed by atoms with E-state index in [1.54, 1.807) is 0 Å². The van der Waals surface area contributed by atoms with Gasteiger partial charge in [-0.05, 0) is 30.5 Å². The molecule has 1 aromatic rings. The number of likely N-dealkylation sites (tertiary alicyclic amines) is 1. The fraction of sp³-hybridized carbons (Fsp3) is 0.400. The molecule has 0 atom stereocenters. The topological polar surface area (TPSA) is 52.6 Å². The summed E-state index contributed by atoms with van der Waals surface area (Å²) < 4.78 is 0. The molecule has 1 aliphatic rings. The van der Waals surface area contributed by atoms with Crippen molar-refractivity contribution in [2.45, 2.75) is 25.4 Å². The number of piperidine rings is 1. The minimum atomic E-state index is -0.816. The normalized spacial score (nSPS) is 16.1. The lowest BCUT2D eigenvalue weighted by molar-refractivity contribution is 0.129. The average Bonchev–Trinajstić information content (AvgIpc) is 2.46. The van der Waals surface area contributed by atoms with Crippen molar-refractivity contribution in [3.05, 3.63) is 35.4 Å². The Morgan fingerprint density at radius 3 is 2.53 bits per heavy atom. The monoisotopic (exact) mass is 258 g/mol. The summed E-state index contributed by atoms with van der Waals surface area (Å²) in [5.74, 6) is 2.59. The van der Waals surface area contributed by atoms with Crippen molar-refractivity contribution >= 4 is 6.09 Å². The van der Waals surface area contributed by atoms with E-state index < -0.39 is 6.09 Å². The summed E-state index contributed by atoms with van der Waals surface area (Å²) >= 11 is 0. The van der Waals surface area contributed by atoms with E-state index in [-0.39, 0.29) is 0 Å². The van der Waals surface area contributed by atoms with Crippen LogP contribution in [0, 0.1) is 12.3 Å². The number of hydrogen-bond acceptors (Lipinski definition) is 2. The summed E-state index contributed by atoms with van der Waals surface area (Å²) in [4.78, 5) is 12.3. The lowest BCUT2D eigenvalue weighted by Gasteiger charge is -2.30. The maximum atomic E-state index is 10.8. The number of amides is 1. The van der Waals surface area contributed by atoms with Crippen LogP contribution in [-0.4, -0.2) is 35.2 Å². The predicted octanol–water partition coefficient (Wildman–Crippen LogP) is 1.90. The molecule has 19 heavy (non-hydrogen) atoms. The van der Waals surface area contributed by atoms with Crippen molar-refractivity contribution in [3.63, 3.8) is 0 Å². The minimum Gasteiger partial charge on any atom is -0.465 e. The summed E-state index contributed by atoms with van der Waals surface area (Å²) in [6.45, 7) is 2.02. The zero-order valence-electron chi connectivity index (χ0n) is 10.8. The smallest absolute Gasteiger partial charge is 0.407 e. The fourth-order valence-corrected chi connectivity index (χ4v) is 2.26. The molecule has 2 rings (SSSR count). The first-order chi connectivity index (χ1) is 9.19. The van der Waals surface area contributed by atoms with Crippen LogP contribution in [0.2, 0.25) is 0 Å². The van der Waals surface area contributed by atoms with Crippen LogP contribution in [0.25, 0.3) is 0 Å². The van der Waals surface area contributed by atoms with E-state index in [0.29, 0.717) is 19.1 Å². The van der Waals surface area contributed by atoms with Crippen LogP contribution in [0.3, 0.4) is 0 Å². The van der Waals surface area contributed by atoms with Gasteiger partial charge in [-0.25, -0.2) is 4.79 Å². The van der Waals surface area contributed by atoms with Crippen LogP contribution >= 0.6 is 0 Å². The number of benzene rings is 1. The summed E-state index contributed by atoms with van der Waals surface area (Å²) in [6.07, 6.45) is 6.23. The Balaban J connectivity index is 1.77. The van der Waals surface area contributed by atoms with Gasteiger partial charge in [0.1, 0.15) is 0 Å². The number of carboxylic acid groups (broad SMARTS) is 1. The Kier molecular flexibility index (Phi) is 4.43. The second kappa shape index (κ2) is 6.26. The highest BCUT2D eigenvalue weighted by Crippen LogP contribution is 2.11. The van der Waals surface area contributed by atoms with E-state index in [0.717, 1.165) is 24.9 Å². The third-order valence-electron chi connectivity index (χ3n) is 3.48. The van der Waals surface area contributed by atoms with Crippen LogP contribution in [0.5, 0.6) is 0 Å². The highest BCUT2D eigenvalue weighted by molar-refractivity contribution is 5.65.